The number of benzene rings is 2. The van der Waals surface area contributed by atoms with Crippen LogP contribution < -0.4 is 14.8 Å². The van der Waals surface area contributed by atoms with E-state index in [-0.39, 0.29) is 23.8 Å². The zero-order chi connectivity index (χ0) is 22.9. The molecular weight excluding hydrogens is 416 g/mol. The van der Waals surface area contributed by atoms with Crippen LogP contribution in [0.5, 0.6) is 11.5 Å². The number of hydrogen-bond donors (Lipinski definition) is 1. The van der Waals surface area contributed by atoms with Gasteiger partial charge in [0.1, 0.15) is 24.7 Å². The molecule has 6 heteroatoms. The first-order valence-electron chi connectivity index (χ1n) is 12.2. The normalized spacial score (nSPS) is 17.4. The predicted octanol–water partition coefficient (Wildman–Crippen LogP) is 4.45. The summed E-state index contributed by atoms with van der Waals surface area (Å²) in [5, 5.41) is 3.23. The lowest BCUT2D eigenvalue weighted by atomic mass is 9.88. The third-order valence-corrected chi connectivity index (χ3v) is 6.57. The van der Waals surface area contributed by atoms with Crippen LogP contribution in [0.4, 0.5) is 0 Å². The van der Waals surface area contributed by atoms with Gasteiger partial charge in [0, 0.05) is 25.0 Å². The summed E-state index contributed by atoms with van der Waals surface area (Å²) in [7, 11) is 0. The molecule has 176 valence electrons. The number of ether oxygens (including phenoxy) is 2. The minimum atomic E-state index is -0.0216. The van der Waals surface area contributed by atoms with Crippen LogP contribution in [0, 0.1) is 5.92 Å². The Kier molecular flexibility index (Phi) is 8.23. The topological polar surface area (TPSA) is 67.9 Å². The number of carbonyl (C=O) groups excluding carboxylic acids is 2. The van der Waals surface area contributed by atoms with Gasteiger partial charge in [0.15, 0.2) is 0 Å². The molecule has 0 radical (unpaired) electrons. The molecule has 0 aromatic heterocycles. The maximum absolute atomic E-state index is 13.2. The Morgan fingerprint density at radius 3 is 2.24 bits per heavy atom. The number of carbonyl (C=O) groups is 2. The molecule has 1 heterocycles. The number of nitrogens with one attached hydrogen (secondary N) is 1. The number of rotatable bonds is 8. The lowest BCUT2D eigenvalue weighted by Gasteiger charge is -2.33. The molecule has 2 aliphatic rings. The Labute approximate surface area is 196 Å². The van der Waals surface area contributed by atoms with Gasteiger partial charge in [0.25, 0.3) is 5.91 Å². The van der Waals surface area contributed by atoms with Crippen LogP contribution in [0.1, 0.15) is 55.3 Å². The van der Waals surface area contributed by atoms with Gasteiger partial charge >= 0.3 is 0 Å². The lowest BCUT2D eigenvalue weighted by Crippen LogP contribution is -2.48. The van der Waals surface area contributed by atoms with Gasteiger partial charge in [-0.1, -0.05) is 49.6 Å². The zero-order valence-electron chi connectivity index (χ0n) is 19.2. The van der Waals surface area contributed by atoms with E-state index in [0.717, 1.165) is 44.3 Å². The second kappa shape index (κ2) is 11.7. The molecule has 0 atom stereocenters. The molecule has 1 N–H and O–H groups in total. The Balaban J connectivity index is 1.25. The molecule has 2 aromatic rings. The van der Waals surface area contributed by atoms with E-state index in [4.69, 9.17) is 9.47 Å². The van der Waals surface area contributed by atoms with E-state index in [2.05, 4.69) is 5.32 Å². The molecule has 0 bridgehead atoms. The summed E-state index contributed by atoms with van der Waals surface area (Å²) in [6, 6.07) is 17.1. The van der Waals surface area contributed by atoms with Crippen molar-refractivity contribution in [1.82, 2.24) is 10.2 Å². The highest BCUT2D eigenvalue weighted by Gasteiger charge is 2.28. The van der Waals surface area contributed by atoms with E-state index < -0.39 is 0 Å². The van der Waals surface area contributed by atoms with Crippen molar-refractivity contribution in [3.63, 3.8) is 0 Å². The second-order valence-electron chi connectivity index (χ2n) is 8.92. The summed E-state index contributed by atoms with van der Waals surface area (Å²) in [6.07, 6.45) is 7.16. The Hall–Kier alpha value is -3.02. The molecule has 6 nitrogen and oxygen atoms in total. The van der Waals surface area contributed by atoms with Crippen LogP contribution in [0.25, 0.3) is 0 Å². The van der Waals surface area contributed by atoms with E-state index >= 15 is 0 Å². The van der Waals surface area contributed by atoms with Gasteiger partial charge in [-0.05, 0) is 49.9 Å². The summed E-state index contributed by atoms with van der Waals surface area (Å²) < 4.78 is 11.6. The number of nitrogens with zero attached hydrogens (tertiary/aromatic N) is 1. The van der Waals surface area contributed by atoms with Gasteiger partial charge in [0.2, 0.25) is 5.91 Å². The Morgan fingerprint density at radius 1 is 0.818 bits per heavy atom. The molecule has 2 amide bonds. The molecule has 0 spiro atoms. The molecule has 33 heavy (non-hydrogen) atoms. The smallest absolute Gasteiger partial charge is 0.257 e. The van der Waals surface area contributed by atoms with Gasteiger partial charge in [-0.3, -0.25) is 9.59 Å². The molecule has 4 rings (SSSR count). The highest BCUT2D eigenvalue weighted by molar-refractivity contribution is 5.97. The fraction of sp³-hybridized carbons (Fsp3) is 0.481. The van der Waals surface area contributed by atoms with Crippen molar-refractivity contribution in [3.8, 4) is 11.5 Å². The van der Waals surface area contributed by atoms with Crippen molar-refractivity contribution in [2.24, 2.45) is 5.92 Å². The molecule has 1 saturated carbocycles. The minimum absolute atomic E-state index is 0.0216. The van der Waals surface area contributed by atoms with Crippen molar-refractivity contribution in [1.29, 1.82) is 0 Å². The van der Waals surface area contributed by atoms with Crippen molar-refractivity contribution in [3.05, 3.63) is 60.2 Å². The zero-order valence-corrected chi connectivity index (χ0v) is 19.2. The fourth-order valence-electron chi connectivity index (χ4n) is 4.68. The highest BCUT2D eigenvalue weighted by atomic mass is 16.5. The average molecular weight is 451 g/mol. The Morgan fingerprint density at radius 2 is 1.48 bits per heavy atom. The van der Waals surface area contributed by atoms with Crippen LogP contribution in [-0.2, 0) is 4.79 Å². The highest BCUT2D eigenvalue weighted by Crippen LogP contribution is 2.25. The predicted molar refractivity (Wildman–Crippen MR) is 128 cm³/mol. The van der Waals surface area contributed by atoms with Crippen molar-refractivity contribution < 1.29 is 19.1 Å². The summed E-state index contributed by atoms with van der Waals surface area (Å²) in [6.45, 7) is 2.03. The number of amides is 2. The van der Waals surface area contributed by atoms with Crippen LogP contribution in [-0.4, -0.2) is 49.1 Å². The first-order valence-corrected chi connectivity index (χ1v) is 12.2. The molecule has 0 unspecified atom stereocenters. The molecule has 1 aliphatic heterocycles. The first kappa shape index (κ1) is 23.1. The number of piperidine rings is 1. The van der Waals surface area contributed by atoms with Crippen LogP contribution in [0.2, 0.25) is 0 Å². The lowest BCUT2D eigenvalue weighted by molar-refractivity contribution is -0.126. The maximum atomic E-state index is 13.2. The number of likely N-dealkylation sites (tertiary alicyclic amines) is 1. The van der Waals surface area contributed by atoms with E-state index in [1.807, 2.05) is 59.5 Å². The average Bonchev–Trinajstić information content (AvgIpc) is 2.88. The SMILES string of the molecule is O=C(NC1CCN(C(=O)c2ccccc2OCCOc2ccccc2)CC1)C1CCCCC1. The third kappa shape index (κ3) is 6.50. The largest absolute Gasteiger partial charge is 0.490 e. The van der Waals surface area contributed by atoms with Crippen molar-refractivity contribution in [2.45, 2.75) is 51.0 Å². The Bertz CT molecular complexity index is 903. The van der Waals surface area contributed by atoms with Crippen molar-refractivity contribution in [2.75, 3.05) is 26.3 Å². The van der Waals surface area contributed by atoms with Crippen LogP contribution >= 0.6 is 0 Å². The van der Waals surface area contributed by atoms with Gasteiger partial charge in [-0.2, -0.15) is 0 Å². The van der Waals surface area contributed by atoms with E-state index in [1.54, 1.807) is 0 Å². The molecule has 2 aromatic carbocycles. The molecule has 1 saturated heterocycles. The van der Waals surface area contributed by atoms with Crippen LogP contribution in [0.3, 0.4) is 0 Å². The van der Waals surface area contributed by atoms with Gasteiger partial charge in [-0.15, -0.1) is 0 Å². The van der Waals surface area contributed by atoms with Gasteiger partial charge in [-0.25, -0.2) is 0 Å². The third-order valence-electron chi connectivity index (χ3n) is 6.57. The first-order chi connectivity index (χ1) is 16.2. The fourth-order valence-corrected chi connectivity index (χ4v) is 4.68. The van der Waals surface area contributed by atoms with Crippen molar-refractivity contribution >= 4 is 11.8 Å². The van der Waals surface area contributed by atoms with E-state index in [9.17, 15) is 9.59 Å². The number of para-hydroxylation sites is 2. The summed E-state index contributed by atoms with van der Waals surface area (Å²) in [4.78, 5) is 27.6. The summed E-state index contributed by atoms with van der Waals surface area (Å²) >= 11 is 0. The molecular formula is C27H34N2O4. The van der Waals surface area contributed by atoms with Crippen LogP contribution in [0.15, 0.2) is 54.6 Å². The van der Waals surface area contributed by atoms with Gasteiger partial charge in [0.05, 0.1) is 5.56 Å². The quantitative estimate of drug-likeness (QED) is 0.604. The summed E-state index contributed by atoms with van der Waals surface area (Å²) in [5.74, 6) is 1.73. The standard InChI is InChI=1S/C27H34N2O4/c30-26(21-9-3-1-4-10-21)28-22-15-17-29(18-16-22)27(31)24-13-7-8-14-25(24)33-20-19-32-23-11-5-2-6-12-23/h2,5-8,11-14,21-22H,1,3-4,9-10,15-20H2,(H,28,30). The minimum Gasteiger partial charge on any atom is -0.490 e. The van der Waals surface area contributed by atoms with E-state index in [1.165, 1.54) is 6.42 Å². The number of hydrogen-bond acceptors (Lipinski definition) is 4. The van der Waals surface area contributed by atoms with E-state index in [0.29, 0.717) is 37.6 Å². The monoisotopic (exact) mass is 450 g/mol. The summed E-state index contributed by atoms with van der Waals surface area (Å²) in [5.41, 5.74) is 0.571. The van der Waals surface area contributed by atoms with Gasteiger partial charge < -0.3 is 19.7 Å². The molecule has 1 aliphatic carbocycles. The molecule has 2 fully saturated rings. The maximum Gasteiger partial charge on any atom is 0.257 e. The second-order valence-corrected chi connectivity index (χ2v) is 8.92.